The summed E-state index contributed by atoms with van der Waals surface area (Å²) in [5.41, 5.74) is 11.2. The number of allylic oxidation sites excluding steroid dienone is 2. The average molecular weight is 594 g/mol. The van der Waals surface area contributed by atoms with Crippen LogP contribution in [0.4, 0.5) is 0 Å². The van der Waals surface area contributed by atoms with E-state index in [-0.39, 0.29) is 0 Å². The summed E-state index contributed by atoms with van der Waals surface area (Å²) in [4.78, 5) is 2.65. The molecule has 6 rings (SSSR count). The molecule has 0 saturated heterocycles. The minimum atomic E-state index is 0.430. The van der Waals surface area contributed by atoms with Crippen molar-refractivity contribution < 1.29 is 0 Å². The Morgan fingerprint density at radius 2 is 1.15 bits per heavy atom. The van der Waals surface area contributed by atoms with Crippen LogP contribution in [0.5, 0.6) is 0 Å². The highest BCUT2D eigenvalue weighted by Crippen LogP contribution is 2.51. The second-order valence-corrected chi connectivity index (χ2v) is 12.6. The van der Waals surface area contributed by atoms with E-state index in [9.17, 15) is 0 Å². The summed E-state index contributed by atoms with van der Waals surface area (Å²) >= 11 is 11.4. The maximum absolute atomic E-state index is 3.87. The summed E-state index contributed by atoms with van der Waals surface area (Å²) in [5, 5.41) is 4.31. The van der Waals surface area contributed by atoms with E-state index < -0.39 is 0 Å². The summed E-state index contributed by atoms with van der Waals surface area (Å²) in [7, 11) is 0. The fourth-order valence-electron chi connectivity index (χ4n) is 5.34. The highest BCUT2D eigenvalue weighted by atomic mass is 79.9. The van der Waals surface area contributed by atoms with Crippen LogP contribution >= 0.6 is 54.5 Å². The monoisotopic (exact) mass is 592 g/mol. The molecule has 2 heterocycles. The molecule has 2 aliphatic rings. The van der Waals surface area contributed by atoms with Gasteiger partial charge in [0.25, 0.3) is 0 Å². The molecule has 4 aromatic rings. The number of thiophene rings is 2. The first-order valence-electron chi connectivity index (χ1n) is 11.1. The maximum atomic E-state index is 3.87. The Hall–Kier alpha value is -1.72. The first-order valence-corrected chi connectivity index (χ1v) is 14.4. The highest BCUT2D eigenvalue weighted by molar-refractivity contribution is 9.10. The first kappa shape index (κ1) is 21.8. The molecule has 0 saturated carbocycles. The van der Waals surface area contributed by atoms with Crippen molar-refractivity contribution in [3.05, 3.63) is 102 Å². The topological polar surface area (TPSA) is 0 Å². The Labute approximate surface area is 220 Å². The van der Waals surface area contributed by atoms with Crippen molar-refractivity contribution in [1.29, 1.82) is 0 Å². The van der Waals surface area contributed by atoms with Crippen molar-refractivity contribution in [2.45, 2.75) is 32.1 Å². The Morgan fingerprint density at radius 1 is 0.697 bits per heavy atom. The number of rotatable bonds is 4. The molecule has 0 nitrogen and oxygen atoms in total. The predicted octanol–water partition coefficient (Wildman–Crippen LogP) is 10.8. The largest absolute Gasteiger partial charge is 0.144 e. The summed E-state index contributed by atoms with van der Waals surface area (Å²) in [6.07, 6.45) is 5.87. The zero-order valence-corrected chi connectivity index (χ0v) is 23.2. The number of hydrogen-bond acceptors (Lipinski definition) is 2. The van der Waals surface area contributed by atoms with E-state index in [2.05, 4.69) is 117 Å². The van der Waals surface area contributed by atoms with Crippen molar-refractivity contribution in [2.24, 2.45) is 0 Å². The van der Waals surface area contributed by atoms with Crippen LogP contribution in [-0.2, 0) is 0 Å². The van der Waals surface area contributed by atoms with Gasteiger partial charge in [0.15, 0.2) is 0 Å². The molecule has 0 spiro atoms. The molecule has 0 N–H and O–H groups in total. The molecule has 2 aliphatic carbocycles. The molecule has 4 heteroatoms. The molecule has 33 heavy (non-hydrogen) atoms. The van der Waals surface area contributed by atoms with Gasteiger partial charge in [-0.15, -0.1) is 22.7 Å². The third-order valence-electron chi connectivity index (χ3n) is 7.00. The molecule has 2 unspecified atom stereocenters. The number of halogens is 2. The summed E-state index contributed by atoms with van der Waals surface area (Å²) < 4.78 is 2.40. The lowest BCUT2D eigenvalue weighted by atomic mass is 9.81. The minimum Gasteiger partial charge on any atom is -0.144 e. The Kier molecular flexibility index (Phi) is 5.61. The van der Waals surface area contributed by atoms with Crippen LogP contribution in [0, 0.1) is 0 Å². The lowest BCUT2D eigenvalue weighted by molar-refractivity contribution is 0.642. The van der Waals surface area contributed by atoms with Crippen LogP contribution in [0.25, 0.3) is 33.0 Å². The van der Waals surface area contributed by atoms with Gasteiger partial charge in [-0.3, -0.25) is 0 Å². The zero-order chi connectivity index (χ0) is 22.7. The zero-order valence-electron chi connectivity index (χ0n) is 18.4. The second kappa shape index (κ2) is 8.49. The quantitative estimate of drug-likeness (QED) is 0.221. The molecular formula is C29H22Br2S2. The molecule has 2 aromatic heterocycles. The van der Waals surface area contributed by atoms with E-state index >= 15 is 0 Å². The molecule has 0 aliphatic heterocycles. The standard InChI is InChI=1S/C29H22Br2S2/c1-16-9-24-22(11-18(13-26(24)30)28-5-3-7-32-28)20(16)15-21-17(2)10-25-23(21)12-19(14-27(25)31)29-6-4-8-33-29/h3-14,20-21H,15H2,1-2H3. The van der Waals surface area contributed by atoms with Gasteiger partial charge in [0, 0.05) is 30.5 Å². The van der Waals surface area contributed by atoms with Crippen molar-refractivity contribution in [2.75, 3.05) is 0 Å². The smallest absolute Gasteiger partial charge is 0.0343 e. The lowest BCUT2D eigenvalue weighted by Gasteiger charge is -2.23. The summed E-state index contributed by atoms with van der Waals surface area (Å²) in [6.45, 7) is 4.60. The predicted molar refractivity (Wildman–Crippen MR) is 152 cm³/mol. The second-order valence-electron chi connectivity index (χ2n) is 8.99. The SMILES string of the molecule is CC1=Cc2c(Br)cc(-c3cccs3)cc2C1CC1C(C)=Cc2c(Br)cc(-c3cccs3)cc21. The Balaban J connectivity index is 1.40. The molecule has 2 atom stereocenters. The Bertz CT molecular complexity index is 1310. The number of fused-ring (bicyclic) bond motifs is 2. The van der Waals surface area contributed by atoms with Gasteiger partial charge in [0.2, 0.25) is 0 Å². The molecule has 0 amide bonds. The highest BCUT2D eigenvalue weighted by Gasteiger charge is 2.32. The van der Waals surface area contributed by atoms with Crippen molar-refractivity contribution in [3.63, 3.8) is 0 Å². The van der Waals surface area contributed by atoms with E-state index in [4.69, 9.17) is 0 Å². The normalized spacial score (nSPS) is 18.8. The Morgan fingerprint density at radius 3 is 1.55 bits per heavy atom. The van der Waals surface area contributed by atoms with Crippen LogP contribution in [0.15, 0.2) is 79.4 Å². The van der Waals surface area contributed by atoms with E-state index in [1.54, 1.807) is 22.7 Å². The molecule has 0 fully saturated rings. The van der Waals surface area contributed by atoms with Gasteiger partial charge in [0.05, 0.1) is 0 Å². The maximum Gasteiger partial charge on any atom is 0.0343 e. The van der Waals surface area contributed by atoms with Crippen LogP contribution in [-0.4, -0.2) is 0 Å². The van der Waals surface area contributed by atoms with Crippen LogP contribution in [0.3, 0.4) is 0 Å². The third kappa shape index (κ3) is 3.76. The van der Waals surface area contributed by atoms with Gasteiger partial charge in [-0.1, -0.05) is 67.3 Å². The van der Waals surface area contributed by atoms with Crippen LogP contribution in [0.2, 0.25) is 0 Å². The van der Waals surface area contributed by atoms with Crippen molar-refractivity contribution in [3.8, 4) is 20.9 Å². The van der Waals surface area contributed by atoms with Gasteiger partial charge in [-0.05, 0) is 101 Å². The fraction of sp³-hybridized carbons (Fsp3) is 0.172. The fourth-order valence-corrected chi connectivity index (χ4v) is 7.95. The summed E-state index contributed by atoms with van der Waals surface area (Å²) in [5.74, 6) is 0.861. The lowest BCUT2D eigenvalue weighted by Crippen LogP contribution is -2.06. The van der Waals surface area contributed by atoms with E-state index in [1.807, 2.05) is 0 Å². The van der Waals surface area contributed by atoms with Gasteiger partial charge >= 0.3 is 0 Å². The van der Waals surface area contributed by atoms with Gasteiger partial charge in [-0.25, -0.2) is 0 Å². The molecular weight excluding hydrogens is 572 g/mol. The van der Waals surface area contributed by atoms with Crippen LogP contribution < -0.4 is 0 Å². The van der Waals surface area contributed by atoms with Crippen molar-refractivity contribution >= 4 is 66.7 Å². The molecule has 164 valence electrons. The van der Waals surface area contributed by atoms with Gasteiger partial charge in [-0.2, -0.15) is 0 Å². The number of benzene rings is 2. The molecule has 0 radical (unpaired) electrons. The van der Waals surface area contributed by atoms with Gasteiger partial charge in [0.1, 0.15) is 0 Å². The third-order valence-corrected chi connectivity index (χ3v) is 10.2. The van der Waals surface area contributed by atoms with E-state index in [0.717, 1.165) is 6.42 Å². The average Bonchev–Trinajstić information content (AvgIpc) is 3.58. The van der Waals surface area contributed by atoms with Crippen molar-refractivity contribution in [1.82, 2.24) is 0 Å². The van der Waals surface area contributed by atoms with Gasteiger partial charge < -0.3 is 0 Å². The molecule has 0 bridgehead atoms. The first-order chi connectivity index (χ1) is 16.0. The van der Waals surface area contributed by atoms with E-state index in [1.165, 1.54) is 63.2 Å². The molecule has 2 aromatic carbocycles. The van der Waals surface area contributed by atoms with E-state index in [0.29, 0.717) is 11.8 Å². The minimum absolute atomic E-state index is 0.430. The summed E-state index contributed by atoms with van der Waals surface area (Å²) in [6, 6.07) is 18.1. The number of hydrogen-bond donors (Lipinski definition) is 0. The van der Waals surface area contributed by atoms with Crippen LogP contribution in [0.1, 0.15) is 54.4 Å².